The summed E-state index contributed by atoms with van der Waals surface area (Å²) >= 11 is 1.97. The van der Waals surface area contributed by atoms with E-state index in [4.69, 9.17) is 5.73 Å². The Labute approximate surface area is 119 Å². The van der Waals surface area contributed by atoms with Gasteiger partial charge in [0.05, 0.1) is 6.04 Å². The number of hydrogen-bond acceptors (Lipinski definition) is 3. The van der Waals surface area contributed by atoms with Crippen molar-refractivity contribution >= 4 is 17.7 Å². The Bertz CT molecular complexity index is 390. The molecule has 1 aliphatic rings. The number of hydrogen-bond donors (Lipinski definition) is 2. The molecule has 0 spiro atoms. The zero-order valence-corrected chi connectivity index (χ0v) is 12.0. The van der Waals surface area contributed by atoms with Gasteiger partial charge in [-0.25, -0.2) is 0 Å². The molecular weight excluding hydrogens is 256 g/mol. The first-order chi connectivity index (χ1) is 9.25. The van der Waals surface area contributed by atoms with E-state index in [0.29, 0.717) is 11.7 Å². The van der Waals surface area contributed by atoms with Crippen LogP contribution in [0.25, 0.3) is 0 Å². The third-order valence-corrected chi connectivity index (χ3v) is 4.81. The molecule has 0 aliphatic carbocycles. The normalized spacial score (nSPS) is 20.8. The van der Waals surface area contributed by atoms with Crippen molar-refractivity contribution < 1.29 is 4.79 Å². The number of carbonyl (C=O) groups is 1. The first-order valence-electron chi connectivity index (χ1n) is 6.94. The second-order valence-corrected chi connectivity index (χ2v) is 6.44. The van der Waals surface area contributed by atoms with Gasteiger partial charge in [0, 0.05) is 11.8 Å². The lowest BCUT2D eigenvalue weighted by molar-refractivity contribution is -0.122. The summed E-state index contributed by atoms with van der Waals surface area (Å²) in [5.74, 6) is 1.19. The van der Waals surface area contributed by atoms with Crippen LogP contribution in [0, 0.1) is 0 Å². The van der Waals surface area contributed by atoms with E-state index >= 15 is 0 Å². The number of nitrogens with one attached hydrogen (secondary N) is 1. The van der Waals surface area contributed by atoms with Gasteiger partial charge in [-0.3, -0.25) is 4.79 Å². The van der Waals surface area contributed by atoms with E-state index < -0.39 is 6.04 Å². The van der Waals surface area contributed by atoms with Crippen molar-refractivity contribution in [1.29, 1.82) is 0 Å². The Balaban J connectivity index is 1.73. The highest BCUT2D eigenvalue weighted by atomic mass is 32.2. The minimum Gasteiger partial charge on any atom is -0.354 e. The third-order valence-electron chi connectivity index (χ3n) is 3.41. The zero-order valence-electron chi connectivity index (χ0n) is 11.2. The fourth-order valence-corrected chi connectivity index (χ4v) is 3.51. The summed E-state index contributed by atoms with van der Waals surface area (Å²) < 4.78 is 0. The van der Waals surface area contributed by atoms with Crippen LogP contribution in [-0.2, 0) is 11.2 Å². The Hall–Kier alpha value is -1.00. The van der Waals surface area contributed by atoms with E-state index in [2.05, 4.69) is 5.32 Å². The zero-order chi connectivity index (χ0) is 13.5. The molecule has 2 rings (SSSR count). The summed E-state index contributed by atoms with van der Waals surface area (Å²) in [5.41, 5.74) is 7.05. The van der Waals surface area contributed by atoms with Crippen LogP contribution in [0.5, 0.6) is 0 Å². The smallest absolute Gasteiger partial charge is 0.237 e. The maximum absolute atomic E-state index is 11.9. The minimum atomic E-state index is -0.448. The van der Waals surface area contributed by atoms with Gasteiger partial charge in [-0.2, -0.15) is 11.8 Å². The van der Waals surface area contributed by atoms with Crippen molar-refractivity contribution in [1.82, 2.24) is 5.32 Å². The Morgan fingerprint density at radius 2 is 2.16 bits per heavy atom. The monoisotopic (exact) mass is 278 g/mol. The molecule has 1 heterocycles. The molecule has 3 N–H and O–H groups in total. The molecule has 1 saturated heterocycles. The largest absolute Gasteiger partial charge is 0.354 e. The lowest BCUT2D eigenvalue weighted by Gasteiger charge is -2.22. The Morgan fingerprint density at radius 3 is 2.84 bits per heavy atom. The van der Waals surface area contributed by atoms with E-state index in [1.54, 1.807) is 0 Å². The van der Waals surface area contributed by atoms with Gasteiger partial charge in [-0.1, -0.05) is 36.8 Å². The molecule has 3 nitrogen and oxygen atoms in total. The molecule has 0 saturated carbocycles. The highest BCUT2D eigenvalue weighted by Gasteiger charge is 2.18. The molecule has 104 valence electrons. The molecule has 1 fully saturated rings. The van der Waals surface area contributed by atoms with Crippen LogP contribution in [0.4, 0.5) is 0 Å². The first kappa shape index (κ1) is 14.4. The maximum Gasteiger partial charge on any atom is 0.237 e. The van der Waals surface area contributed by atoms with Crippen LogP contribution >= 0.6 is 11.8 Å². The van der Waals surface area contributed by atoms with Gasteiger partial charge >= 0.3 is 0 Å². The second-order valence-electron chi connectivity index (χ2n) is 5.03. The summed E-state index contributed by atoms with van der Waals surface area (Å²) in [4.78, 5) is 11.9. The average Bonchev–Trinajstić information content (AvgIpc) is 2.47. The quantitative estimate of drug-likeness (QED) is 0.865. The summed E-state index contributed by atoms with van der Waals surface area (Å²) in [6.45, 7) is 0.756. The first-order valence-corrected chi connectivity index (χ1v) is 7.99. The molecule has 0 bridgehead atoms. The lowest BCUT2D eigenvalue weighted by Crippen LogP contribution is -2.44. The number of carbonyl (C=O) groups excluding carboxylic acids is 1. The molecule has 1 amide bonds. The standard InChI is InChI=1S/C15H22N2OS/c16-14(10-12-6-2-1-3-7-12)15(18)17-11-13-8-4-5-9-19-13/h1-3,6-7,13-14H,4-5,8-11,16H2,(H,17,18)/t13?,14-/m0/s1. The molecule has 4 heteroatoms. The van der Waals surface area contributed by atoms with Crippen molar-refractivity contribution in [3.05, 3.63) is 35.9 Å². The number of thioether (sulfide) groups is 1. The van der Waals surface area contributed by atoms with Gasteiger partial charge in [-0.05, 0) is 30.6 Å². The average molecular weight is 278 g/mol. The van der Waals surface area contributed by atoms with Crippen LogP contribution in [0.1, 0.15) is 24.8 Å². The molecule has 1 aromatic rings. The topological polar surface area (TPSA) is 55.1 Å². The molecule has 1 aromatic carbocycles. The summed E-state index contributed by atoms with van der Waals surface area (Å²) in [7, 11) is 0. The van der Waals surface area contributed by atoms with E-state index in [9.17, 15) is 4.79 Å². The van der Waals surface area contributed by atoms with Gasteiger partial charge in [0.25, 0.3) is 0 Å². The van der Waals surface area contributed by atoms with Gasteiger partial charge in [0.15, 0.2) is 0 Å². The van der Waals surface area contributed by atoms with Crippen LogP contribution in [0.2, 0.25) is 0 Å². The van der Waals surface area contributed by atoms with Gasteiger partial charge < -0.3 is 11.1 Å². The summed E-state index contributed by atoms with van der Waals surface area (Å²) in [6, 6.07) is 9.47. The number of amides is 1. The predicted molar refractivity (Wildman–Crippen MR) is 81.2 cm³/mol. The molecule has 0 radical (unpaired) electrons. The van der Waals surface area contributed by atoms with E-state index in [0.717, 1.165) is 12.1 Å². The van der Waals surface area contributed by atoms with Crippen molar-refractivity contribution in [2.24, 2.45) is 5.73 Å². The van der Waals surface area contributed by atoms with Crippen molar-refractivity contribution in [3.8, 4) is 0 Å². The van der Waals surface area contributed by atoms with Crippen molar-refractivity contribution in [3.63, 3.8) is 0 Å². The SMILES string of the molecule is N[C@@H](Cc1ccccc1)C(=O)NCC1CCCCS1. The van der Waals surface area contributed by atoms with Gasteiger partial charge in [-0.15, -0.1) is 0 Å². The van der Waals surface area contributed by atoms with Crippen molar-refractivity contribution in [2.45, 2.75) is 37.0 Å². The number of rotatable bonds is 5. The number of benzene rings is 1. The van der Waals surface area contributed by atoms with Crippen LogP contribution in [0.3, 0.4) is 0 Å². The van der Waals surface area contributed by atoms with Gasteiger partial charge in [0.2, 0.25) is 5.91 Å². The highest BCUT2D eigenvalue weighted by molar-refractivity contribution is 7.99. The molecule has 1 unspecified atom stereocenters. The molecule has 19 heavy (non-hydrogen) atoms. The van der Waals surface area contributed by atoms with E-state index in [1.807, 2.05) is 42.1 Å². The molecule has 2 atom stereocenters. The van der Waals surface area contributed by atoms with Gasteiger partial charge in [0.1, 0.15) is 0 Å². The Kier molecular flexibility index (Phi) is 5.73. The van der Waals surface area contributed by atoms with Crippen LogP contribution in [0.15, 0.2) is 30.3 Å². The maximum atomic E-state index is 11.9. The lowest BCUT2D eigenvalue weighted by atomic mass is 10.1. The summed E-state index contributed by atoms with van der Waals surface area (Å²) in [5, 5.41) is 3.56. The Morgan fingerprint density at radius 1 is 1.37 bits per heavy atom. The minimum absolute atomic E-state index is 0.0324. The fourth-order valence-electron chi connectivity index (χ4n) is 2.27. The molecule has 1 aliphatic heterocycles. The second kappa shape index (κ2) is 7.56. The molecular formula is C15H22N2OS. The fraction of sp³-hybridized carbons (Fsp3) is 0.533. The van der Waals surface area contributed by atoms with Crippen LogP contribution < -0.4 is 11.1 Å². The number of nitrogens with two attached hydrogens (primary N) is 1. The molecule has 0 aromatic heterocycles. The predicted octanol–water partition coefficient (Wildman–Crippen LogP) is 1.96. The van der Waals surface area contributed by atoms with Crippen molar-refractivity contribution in [2.75, 3.05) is 12.3 Å². The highest BCUT2D eigenvalue weighted by Crippen LogP contribution is 2.24. The summed E-state index contributed by atoms with van der Waals surface area (Å²) in [6.07, 6.45) is 4.40. The van der Waals surface area contributed by atoms with E-state index in [-0.39, 0.29) is 5.91 Å². The third kappa shape index (κ3) is 4.88. The van der Waals surface area contributed by atoms with E-state index in [1.165, 1.54) is 25.0 Å². The van der Waals surface area contributed by atoms with Crippen LogP contribution in [-0.4, -0.2) is 29.5 Å².